The maximum Gasteiger partial charge on any atom is 0.240 e. The molecule has 3 heterocycles. The highest BCUT2D eigenvalue weighted by molar-refractivity contribution is 7.89. The molecule has 0 saturated carbocycles. The molecule has 0 aliphatic heterocycles. The Morgan fingerprint density at radius 3 is 2.12 bits per heavy atom. The van der Waals surface area contributed by atoms with Crippen molar-refractivity contribution in [1.82, 2.24) is 14.9 Å². The second kappa shape index (κ2) is 9.44. The molecule has 0 radical (unpaired) electrons. The minimum Gasteiger partial charge on any atom is -0.276 e. The van der Waals surface area contributed by atoms with Crippen LogP contribution in [0, 0.1) is 0 Å². The number of aromatic amines is 1. The lowest BCUT2D eigenvalue weighted by Crippen LogP contribution is -2.26. The van der Waals surface area contributed by atoms with Crippen molar-refractivity contribution in [3.63, 3.8) is 0 Å². The van der Waals surface area contributed by atoms with Crippen LogP contribution in [0.1, 0.15) is 5.56 Å². The second-order valence-electron chi connectivity index (χ2n) is 7.42. The maximum atomic E-state index is 12.9. The van der Waals surface area contributed by atoms with Crippen molar-refractivity contribution in [2.45, 2.75) is 11.3 Å². The van der Waals surface area contributed by atoms with Gasteiger partial charge in [0.05, 0.1) is 20.3 Å². The SMILES string of the molecule is O=S(=O)(NCCc1c(-c2cccs2)n[nH]c1-c1cccs1)c1ccc(-c2ccccc2)cc1. The summed E-state index contributed by atoms with van der Waals surface area (Å²) < 4.78 is 28.6. The highest BCUT2D eigenvalue weighted by atomic mass is 32.2. The minimum atomic E-state index is -3.62. The number of nitrogens with one attached hydrogen (secondary N) is 2. The lowest BCUT2D eigenvalue weighted by Gasteiger charge is -2.09. The number of hydrogen-bond donors (Lipinski definition) is 2. The van der Waals surface area contributed by atoms with E-state index in [4.69, 9.17) is 0 Å². The third-order valence-corrected chi connectivity index (χ3v) is 8.57. The van der Waals surface area contributed by atoms with E-state index in [9.17, 15) is 8.42 Å². The zero-order chi connectivity index (χ0) is 22.7. The van der Waals surface area contributed by atoms with Gasteiger partial charge in [0.2, 0.25) is 10.0 Å². The van der Waals surface area contributed by atoms with Crippen LogP contribution in [0.15, 0.2) is 94.5 Å². The minimum absolute atomic E-state index is 0.256. The van der Waals surface area contributed by atoms with Gasteiger partial charge in [0.15, 0.2) is 0 Å². The zero-order valence-corrected chi connectivity index (χ0v) is 20.0. The average molecular weight is 492 g/mol. The molecule has 3 aromatic heterocycles. The molecule has 5 nitrogen and oxygen atoms in total. The van der Waals surface area contributed by atoms with Gasteiger partial charge in [0, 0.05) is 12.1 Å². The molecule has 0 bridgehead atoms. The number of benzene rings is 2. The average Bonchev–Trinajstić information content (AvgIpc) is 3.61. The summed E-state index contributed by atoms with van der Waals surface area (Å²) >= 11 is 3.25. The van der Waals surface area contributed by atoms with E-state index in [1.807, 2.05) is 77.5 Å². The molecule has 0 spiro atoms. The predicted octanol–water partition coefficient (Wildman–Crippen LogP) is 6.05. The van der Waals surface area contributed by atoms with E-state index in [2.05, 4.69) is 14.9 Å². The molecule has 33 heavy (non-hydrogen) atoms. The summed E-state index contributed by atoms with van der Waals surface area (Å²) in [6.07, 6.45) is 0.526. The van der Waals surface area contributed by atoms with Gasteiger partial charge in [-0.3, -0.25) is 5.10 Å². The van der Waals surface area contributed by atoms with Crippen molar-refractivity contribution in [3.05, 3.63) is 95.2 Å². The van der Waals surface area contributed by atoms with Crippen LogP contribution in [0.2, 0.25) is 0 Å². The molecule has 2 N–H and O–H groups in total. The molecule has 0 atom stereocenters. The summed E-state index contributed by atoms with van der Waals surface area (Å²) in [4.78, 5) is 2.40. The topological polar surface area (TPSA) is 74.8 Å². The summed E-state index contributed by atoms with van der Waals surface area (Å²) in [6, 6.07) is 24.9. The molecule has 166 valence electrons. The molecule has 0 saturated heterocycles. The van der Waals surface area contributed by atoms with Gasteiger partial charge >= 0.3 is 0 Å². The van der Waals surface area contributed by atoms with E-state index in [1.54, 1.807) is 34.8 Å². The van der Waals surface area contributed by atoms with Gasteiger partial charge in [-0.2, -0.15) is 5.10 Å². The van der Waals surface area contributed by atoms with Crippen LogP contribution in [0.3, 0.4) is 0 Å². The van der Waals surface area contributed by atoms with E-state index in [0.717, 1.165) is 37.8 Å². The summed E-state index contributed by atoms with van der Waals surface area (Å²) in [5.41, 5.74) is 4.87. The number of aromatic nitrogens is 2. The highest BCUT2D eigenvalue weighted by Crippen LogP contribution is 2.34. The quantitative estimate of drug-likeness (QED) is 0.277. The molecule has 8 heteroatoms. The molecule has 0 aliphatic rings. The monoisotopic (exact) mass is 491 g/mol. The standard InChI is InChI=1S/C25H21N3O2S3/c29-33(30,20-12-10-19(11-13-20)18-6-2-1-3-7-18)26-15-14-21-24(22-8-4-16-31-22)27-28-25(21)23-9-5-17-32-23/h1-13,16-17,26H,14-15H2,(H,27,28). The van der Waals surface area contributed by atoms with Crippen LogP contribution in [0.4, 0.5) is 0 Å². The van der Waals surface area contributed by atoms with E-state index in [0.29, 0.717) is 6.42 Å². The molecule has 5 rings (SSSR count). The Morgan fingerprint density at radius 1 is 0.788 bits per heavy atom. The zero-order valence-electron chi connectivity index (χ0n) is 17.6. The predicted molar refractivity (Wildman–Crippen MR) is 136 cm³/mol. The Balaban J connectivity index is 1.33. The number of H-pyrrole nitrogens is 1. The van der Waals surface area contributed by atoms with Gasteiger partial charge in [-0.05, 0) is 52.6 Å². The van der Waals surface area contributed by atoms with Gasteiger partial charge in [0.25, 0.3) is 0 Å². The molecule has 2 aromatic carbocycles. The first kappa shape index (κ1) is 21.8. The fraction of sp³-hybridized carbons (Fsp3) is 0.0800. The molecule has 0 fully saturated rings. The Labute approximate surface area is 200 Å². The molecular formula is C25H21N3O2S3. The molecule has 0 amide bonds. The summed E-state index contributed by atoms with van der Waals surface area (Å²) in [7, 11) is -3.62. The molecule has 0 unspecified atom stereocenters. The fourth-order valence-electron chi connectivity index (χ4n) is 3.70. The third kappa shape index (κ3) is 4.69. The normalized spacial score (nSPS) is 11.6. The molecular weight excluding hydrogens is 470 g/mol. The summed E-state index contributed by atoms with van der Waals surface area (Å²) in [6.45, 7) is 0.277. The first-order chi connectivity index (χ1) is 16.1. The van der Waals surface area contributed by atoms with Crippen LogP contribution >= 0.6 is 22.7 Å². The van der Waals surface area contributed by atoms with Crippen LogP contribution < -0.4 is 4.72 Å². The first-order valence-corrected chi connectivity index (χ1v) is 13.7. The van der Waals surface area contributed by atoms with Crippen molar-refractivity contribution in [1.29, 1.82) is 0 Å². The van der Waals surface area contributed by atoms with E-state index in [-0.39, 0.29) is 11.4 Å². The number of hydrogen-bond acceptors (Lipinski definition) is 5. The number of sulfonamides is 1. The van der Waals surface area contributed by atoms with E-state index >= 15 is 0 Å². The fourth-order valence-corrected chi connectivity index (χ4v) is 6.22. The van der Waals surface area contributed by atoms with Gasteiger partial charge in [-0.25, -0.2) is 13.1 Å². The van der Waals surface area contributed by atoms with Crippen molar-refractivity contribution >= 4 is 32.7 Å². The highest BCUT2D eigenvalue weighted by Gasteiger charge is 2.19. The van der Waals surface area contributed by atoms with Crippen molar-refractivity contribution < 1.29 is 8.42 Å². The smallest absolute Gasteiger partial charge is 0.240 e. The number of nitrogens with zero attached hydrogens (tertiary/aromatic N) is 1. The number of rotatable bonds is 8. The van der Waals surface area contributed by atoms with Gasteiger partial charge < -0.3 is 0 Å². The van der Waals surface area contributed by atoms with Gasteiger partial charge in [-0.15, -0.1) is 22.7 Å². The largest absolute Gasteiger partial charge is 0.276 e. The molecule has 0 aliphatic carbocycles. The van der Waals surface area contributed by atoms with Crippen LogP contribution in [-0.4, -0.2) is 25.2 Å². The Morgan fingerprint density at radius 2 is 1.45 bits per heavy atom. The lowest BCUT2D eigenvalue weighted by molar-refractivity contribution is 0.581. The summed E-state index contributed by atoms with van der Waals surface area (Å²) in [5.74, 6) is 0. The Hall–Kier alpha value is -3.04. The van der Waals surface area contributed by atoms with E-state index < -0.39 is 10.0 Å². The Kier molecular flexibility index (Phi) is 6.24. The lowest BCUT2D eigenvalue weighted by atomic mass is 10.1. The summed E-state index contributed by atoms with van der Waals surface area (Å²) in [5, 5.41) is 11.7. The van der Waals surface area contributed by atoms with Gasteiger partial charge in [-0.1, -0.05) is 54.6 Å². The van der Waals surface area contributed by atoms with Crippen molar-refractivity contribution in [2.75, 3.05) is 6.54 Å². The first-order valence-electron chi connectivity index (χ1n) is 10.4. The van der Waals surface area contributed by atoms with Gasteiger partial charge in [0.1, 0.15) is 5.69 Å². The van der Waals surface area contributed by atoms with Crippen molar-refractivity contribution in [3.8, 4) is 32.3 Å². The van der Waals surface area contributed by atoms with Crippen LogP contribution in [0.25, 0.3) is 32.3 Å². The van der Waals surface area contributed by atoms with Crippen LogP contribution in [-0.2, 0) is 16.4 Å². The second-order valence-corrected chi connectivity index (χ2v) is 11.1. The van der Waals surface area contributed by atoms with Crippen molar-refractivity contribution in [2.24, 2.45) is 0 Å². The Bertz CT molecular complexity index is 1370. The van der Waals surface area contributed by atoms with Crippen LogP contribution in [0.5, 0.6) is 0 Å². The number of thiophene rings is 2. The third-order valence-electron chi connectivity index (χ3n) is 5.33. The van der Waals surface area contributed by atoms with E-state index in [1.165, 1.54) is 0 Å². The molecule has 5 aromatic rings. The maximum absolute atomic E-state index is 12.9.